The average Bonchev–Trinajstić information content (AvgIpc) is 2.95. The minimum atomic E-state index is -0.830. The second-order valence-corrected chi connectivity index (χ2v) is 12.5. The zero-order chi connectivity index (χ0) is 30.1. The van der Waals surface area contributed by atoms with Crippen LogP contribution in [-0.4, -0.2) is 42.3 Å². The monoisotopic (exact) mass is 576 g/mol. The van der Waals surface area contributed by atoms with Crippen LogP contribution in [0.25, 0.3) is 11.1 Å². The Bertz CT molecular complexity index is 1430. The van der Waals surface area contributed by atoms with Gasteiger partial charge in [-0.25, -0.2) is 0 Å². The van der Waals surface area contributed by atoms with E-state index in [1.165, 1.54) is 7.11 Å². The van der Waals surface area contributed by atoms with Gasteiger partial charge in [0.05, 0.1) is 26.9 Å². The van der Waals surface area contributed by atoms with E-state index >= 15 is 0 Å². The third-order valence-corrected chi connectivity index (χ3v) is 8.56. The molecule has 226 valence electrons. The number of phenols is 2. The Morgan fingerprint density at radius 1 is 0.857 bits per heavy atom. The molecule has 5 rings (SSSR count). The van der Waals surface area contributed by atoms with E-state index in [1.54, 1.807) is 25.3 Å². The first-order valence-corrected chi connectivity index (χ1v) is 15.1. The molecule has 0 bridgehead atoms. The fraction of sp³-hybridized carbons (Fsp3) is 0.486. The highest BCUT2D eigenvalue weighted by atomic mass is 16.5. The first-order valence-electron chi connectivity index (χ1n) is 15.1. The van der Waals surface area contributed by atoms with Crippen molar-refractivity contribution in [3.05, 3.63) is 58.7 Å². The predicted octanol–water partition coefficient (Wildman–Crippen LogP) is 7.32. The number of aliphatic hydroxyl groups is 1. The summed E-state index contributed by atoms with van der Waals surface area (Å²) in [6.07, 6.45) is 2.58. The van der Waals surface area contributed by atoms with Crippen LogP contribution in [0.2, 0.25) is 0 Å². The van der Waals surface area contributed by atoms with Gasteiger partial charge in [0, 0.05) is 29.2 Å². The summed E-state index contributed by atoms with van der Waals surface area (Å²) in [6.45, 7) is 9.15. The van der Waals surface area contributed by atoms with Gasteiger partial charge in [0.1, 0.15) is 17.2 Å². The molecule has 3 atom stereocenters. The normalized spacial score (nSPS) is 19.1. The highest BCUT2D eigenvalue weighted by Gasteiger charge is 2.37. The molecule has 0 fully saturated rings. The van der Waals surface area contributed by atoms with Crippen LogP contribution in [0.1, 0.15) is 81.2 Å². The van der Waals surface area contributed by atoms with Gasteiger partial charge in [0.2, 0.25) is 5.75 Å². The third-order valence-electron chi connectivity index (χ3n) is 8.56. The Kier molecular flexibility index (Phi) is 8.78. The van der Waals surface area contributed by atoms with Crippen LogP contribution in [0, 0.1) is 11.8 Å². The molecule has 0 radical (unpaired) electrons. The van der Waals surface area contributed by atoms with Crippen LogP contribution < -0.4 is 18.9 Å². The van der Waals surface area contributed by atoms with Crippen molar-refractivity contribution in [2.75, 3.05) is 20.8 Å². The molecule has 7 nitrogen and oxygen atoms in total. The molecule has 0 spiro atoms. The lowest BCUT2D eigenvalue weighted by Crippen LogP contribution is -2.32. The zero-order valence-electron chi connectivity index (χ0n) is 25.6. The fourth-order valence-electron chi connectivity index (χ4n) is 6.26. The summed E-state index contributed by atoms with van der Waals surface area (Å²) in [5, 5.41) is 32.6. The van der Waals surface area contributed by atoms with Gasteiger partial charge in [0.25, 0.3) is 0 Å². The SMILES string of the molecule is COc1cc([C@@H]2Oc3cc(OC)c4c(c3C[C@H]2O)C[C@H](CCC(C)C)c2cc(O)ccc2-4)cc(OCCC(C)C)c1O. The predicted molar refractivity (Wildman–Crippen MR) is 163 cm³/mol. The highest BCUT2D eigenvalue weighted by Crippen LogP contribution is 2.53. The molecule has 1 aliphatic carbocycles. The number of aliphatic hydroxyl groups excluding tert-OH is 1. The van der Waals surface area contributed by atoms with E-state index < -0.39 is 12.2 Å². The van der Waals surface area contributed by atoms with Gasteiger partial charge in [-0.05, 0) is 78.0 Å². The van der Waals surface area contributed by atoms with E-state index in [0.717, 1.165) is 53.5 Å². The number of hydrogen-bond donors (Lipinski definition) is 3. The van der Waals surface area contributed by atoms with Crippen molar-refractivity contribution in [3.8, 4) is 45.6 Å². The summed E-state index contributed by atoms with van der Waals surface area (Å²) >= 11 is 0. The molecule has 3 aromatic rings. The zero-order valence-corrected chi connectivity index (χ0v) is 25.6. The van der Waals surface area contributed by atoms with Crippen LogP contribution >= 0.6 is 0 Å². The van der Waals surface area contributed by atoms with Crippen molar-refractivity contribution in [1.82, 2.24) is 0 Å². The lowest BCUT2D eigenvalue weighted by molar-refractivity contribution is 0.0200. The van der Waals surface area contributed by atoms with Crippen LogP contribution in [-0.2, 0) is 12.8 Å². The number of fused-ring (bicyclic) bond motifs is 5. The highest BCUT2D eigenvalue weighted by molar-refractivity contribution is 5.82. The third kappa shape index (κ3) is 5.84. The summed E-state index contributed by atoms with van der Waals surface area (Å²) in [7, 11) is 3.16. The van der Waals surface area contributed by atoms with Gasteiger partial charge in [-0.2, -0.15) is 0 Å². The minimum absolute atomic E-state index is 0.0661. The molecule has 42 heavy (non-hydrogen) atoms. The molecule has 1 aliphatic heterocycles. The summed E-state index contributed by atoms with van der Waals surface area (Å²) in [6, 6.07) is 10.9. The standard InChI is InChI=1S/C35H44O7/c1-19(2)7-8-21-13-27-26-17-28(37)35(22-14-31(40-6)34(38)32(15-22)41-12-11-20(3)4)42-29(26)18-30(39-5)33(27)24-10-9-23(36)16-25(21)24/h9-10,14-16,18-21,28,35-38H,7-8,11-13,17H2,1-6H3/t21-,28+,35-/m0/s1. The molecule has 0 unspecified atom stereocenters. The van der Waals surface area contributed by atoms with Crippen molar-refractivity contribution in [2.45, 2.75) is 77.9 Å². The topological polar surface area (TPSA) is 97.6 Å². The van der Waals surface area contributed by atoms with Crippen LogP contribution in [0.4, 0.5) is 0 Å². The van der Waals surface area contributed by atoms with Crippen molar-refractivity contribution >= 4 is 0 Å². The quantitative estimate of drug-likeness (QED) is 0.233. The molecule has 2 aliphatic rings. The van der Waals surface area contributed by atoms with E-state index in [1.807, 2.05) is 18.2 Å². The van der Waals surface area contributed by atoms with E-state index in [9.17, 15) is 15.3 Å². The number of aromatic hydroxyl groups is 2. The lowest BCUT2D eigenvalue weighted by atomic mass is 9.73. The fourth-order valence-corrected chi connectivity index (χ4v) is 6.26. The second-order valence-electron chi connectivity index (χ2n) is 12.5. The summed E-state index contributed by atoms with van der Waals surface area (Å²) in [5.74, 6) is 3.42. The molecule has 1 heterocycles. The van der Waals surface area contributed by atoms with Crippen molar-refractivity contribution < 1.29 is 34.3 Å². The molecular weight excluding hydrogens is 532 g/mol. The molecular formula is C35H44O7. The van der Waals surface area contributed by atoms with Gasteiger partial charge < -0.3 is 34.3 Å². The lowest BCUT2D eigenvalue weighted by Gasteiger charge is -2.37. The van der Waals surface area contributed by atoms with E-state index in [2.05, 4.69) is 27.7 Å². The van der Waals surface area contributed by atoms with Gasteiger partial charge in [-0.15, -0.1) is 0 Å². The van der Waals surface area contributed by atoms with Crippen LogP contribution in [0.3, 0.4) is 0 Å². The van der Waals surface area contributed by atoms with Gasteiger partial charge in [0.15, 0.2) is 17.6 Å². The first-order chi connectivity index (χ1) is 20.1. The van der Waals surface area contributed by atoms with Gasteiger partial charge in [-0.1, -0.05) is 40.2 Å². The van der Waals surface area contributed by atoms with Crippen LogP contribution in [0.5, 0.6) is 34.5 Å². The maximum atomic E-state index is 11.5. The molecule has 0 aromatic heterocycles. The van der Waals surface area contributed by atoms with E-state index in [0.29, 0.717) is 47.7 Å². The summed E-state index contributed by atoms with van der Waals surface area (Å²) < 4.78 is 23.9. The Morgan fingerprint density at radius 2 is 1.57 bits per heavy atom. The molecule has 0 amide bonds. The second kappa shape index (κ2) is 12.3. The van der Waals surface area contributed by atoms with E-state index in [-0.39, 0.29) is 23.2 Å². The van der Waals surface area contributed by atoms with Crippen LogP contribution in [0.15, 0.2) is 36.4 Å². The first kappa shape index (κ1) is 29.9. The molecule has 0 saturated heterocycles. The average molecular weight is 577 g/mol. The van der Waals surface area contributed by atoms with Gasteiger partial charge in [-0.3, -0.25) is 0 Å². The maximum Gasteiger partial charge on any atom is 0.200 e. The Morgan fingerprint density at radius 3 is 2.26 bits per heavy atom. The van der Waals surface area contributed by atoms with E-state index in [4.69, 9.17) is 18.9 Å². The summed E-state index contributed by atoms with van der Waals surface area (Å²) in [4.78, 5) is 0. The van der Waals surface area contributed by atoms with Crippen molar-refractivity contribution in [3.63, 3.8) is 0 Å². The van der Waals surface area contributed by atoms with Crippen molar-refractivity contribution in [2.24, 2.45) is 11.8 Å². The number of benzene rings is 3. The smallest absolute Gasteiger partial charge is 0.200 e. The molecule has 0 saturated carbocycles. The largest absolute Gasteiger partial charge is 0.508 e. The Balaban J connectivity index is 1.55. The number of phenolic OH excluding ortho intramolecular Hbond substituents is 2. The summed E-state index contributed by atoms with van der Waals surface area (Å²) in [5.41, 5.74) is 5.99. The maximum absolute atomic E-state index is 11.5. The minimum Gasteiger partial charge on any atom is -0.508 e. The Hall–Kier alpha value is -3.58. The molecule has 3 aromatic carbocycles. The number of methoxy groups -OCH3 is 2. The number of hydrogen-bond acceptors (Lipinski definition) is 7. The van der Waals surface area contributed by atoms with Gasteiger partial charge >= 0.3 is 0 Å². The molecule has 3 N–H and O–H groups in total. The Labute approximate surface area is 249 Å². The number of rotatable bonds is 10. The number of ether oxygens (including phenoxy) is 4. The van der Waals surface area contributed by atoms with Crippen molar-refractivity contribution in [1.29, 1.82) is 0 Å². The molecule has 7 heteroatoms.